The molecule has 2 N–H and O–H groups in total. The van der Waals surface area contributed by atoms with Gasteiger partial charge in [-0.15, -0.1) is 0 Å². The number of halogens is 1. The second-order valence-electron chi connectivity index (χ2n) is 4.14. The molecule has 0 saturated carbocycles. The van der Waals surface area contributed by atoms with Crippen LogP contribution in [0.1, 0.15) is 25.0 Å². The third kappa shape index (κ3) is 4.87. The molecule has 0 spiro atoms. The highest BCUT2D eigenvalue weighted by molar-refractivity contribution is 8.13. The maximum atomic E-state index is 13.2. The van der Waals surface area contributed by atoms with Gasteiger partial charge < -0.3 is 10.2 Å². The van der Waals surface area contributed by atoms with Crippen LogP contribution in [0.4, 0.5) is 10.1 Å². The largest absolute Gasteiger partial charge is 0.390 e. The molecule has 0 saturated heterocycles. The van der Waals surface area contributed by atoms with Gasteiger partial charge in [-0.2, -0.15) is 0 Å². The van der Waals surface area contributed by atoms with Crippen molar-refractivity contribution in [2.75, 3.05) is 5.75 Å². The first-order valence-corrected chi connectivity index (χ1v) is 6.74. The topological polar surface area (TPSA) is 101 Å². The van der Waals surface area contributed by atoms with E-state index in [2.05, 4.69) is 0 Å². The molecule has 0 aliphatic rings. The number of nitrogens with zero attached hydrogens (tertiary/aromatic N) is 1. The first-order valence-electron chi connectivity index (χ1n) is 5.75. The van der Waals surface area contributed by atoms with Gasteiger partial charge in [0.25, 0.3) is 5.69 Å². The summed E-state index contributed by atoms with van der Waals surface area (Å²) in [6.45, 7) is 1.38. The van der Waals surface area contributed by atoms with Gasteiger partial charge in [0.15, 0.2) is 5.12 Å². The molecule has 0 amide bonds. The number of aliphatic hydroxyl groups is 2. The molecule has 1 rings (SSSR count). The van der Waals surface area contributed by atoms with Crippen LogP contribution in [0.15, 0.2) is 18.2 Å². The van der Waals surface area contributed by atoms with Crippen LogP contribution >= 0.6 is 11.8 Å². The van der Waals surface area contributed by atoms with Gasteiger partial charge in [-0.05, 0) is 18.1 Å². The first-order chi connectivity index (χ1) is 9.31. The molecule has 6 nitrogen and oxygen atoms in total. The number of hydrogen-bond donors (Lipinski definition) is 2. The number of aliphatic hydroxyl groups excluding tert-OH is 2. The summed E-state index contributed by atoms with van der Waals surface area (Å²) in [5, 5.41) is 30.1. The highest BCUT2D eigenvalue weighted by atomic mass is 32.2. The van der Waals surface area contributed by atoms with Crippen molar-refractivity contribution in [3.63, 3.8) is 0 Å². The predicted octanol–water partition coefficient (Wildman–Crippen LogP) is 1.80. The Bertz CT molecular complexity index is 511. The third-order valence-corrected chi connectivity index (χ3v) is 3.39. The van der Waals surface area contributed by atoms with Crippen molar-refractivity contribution in [1.29, 1.82) is 0 Å². The van der Waals surface area contributed by atoms with E-state index in [9.17, 15) is 29.5 Å². The fourth-order valence-corrected chi connectivity index (χ4v) is 2.22. The number of nitro groups is 1. The molecule has 0 fully saturated rings. The summed E-state index contributed by atoms with van der Waals surface area (Å²) in [6.07, 6.45) is -2.57. The summed E-state index contributed by atoms with van der Waals surface area (Å²) in [5.74, 6) is -0.566. The fraction of sp³-hybridized carbons (Fsp3) is 0.417. The Kier molecular flexibility index (Phi) is 6.05. The molecule has 0 aromatic heterocycles. The standard InChI is InChI=1S/C12H14FNO5S/c1-7(15)20-3-2-11(16)12(17)8-4-9(13)6-10(5-8)14(18)19/h4-6,11-12,16-17H,2-3H2,1H3. The second-order valence-corrected chi connectivity index (χ2v) is 5.41. The van der Waals surface area contributed by atoms with E-state index in [1.165, 1.54) is 6.92 Å². The van der Waals surface area contributed by atoms with Crippen LogP contribution in [-0.4, -0.2) is 32.1 Å². The SMILES string of the molecule is CC(=O)SCCC(O)C(O)c1cc(F)cc([N+](=O)[O-])c1. The second kappa shape index (κ2) is 7.32. The number of carbonyl (C=O) groups is 1. The summed E-state index contributed by atoms with van der Waals surface area (Å²) in [5.41, 5.74) is -0.568. The summed E-state index contributed by atoms with van der Waals surface area (Å²) in [6, 6.07) is 2.67. The molecule has 0 radical (unpaired) electrons. The number of benzene rings is 1. The molecule has 20 heavy (non-hydrogen) atoms. The molecule has 1 aromatic rings. The molecular weight excluding hydrogens is 289 g/mol. The van der Waals surface area contributed by atoms with Crippen LogP contribution < -0.4 is 0 Å². The van der Waals surface area contributed by atoms with E-state index < -0.39 is 28.6 Å². The van der Waals surface area contributed by atoms with E-state index in [4.69, 9.17) is 0 Å². The molecule has 2 atom stereocenters. The van der Waals surface area contributed by atoms with E-state index in [0.29, 0.717) is 5.75 Å². The van der Waals surface area contributed by atoms with E-state index in [0.717, 1.165) is 30.0 Å². The minimum atomic E-state index is -1.45. The molecule has 0 heterocycles. The third-order valence-electron chi connectivity index (χ3n) is 2.54. The van der Waals surface area contributed by atoms with E-state index in [-0.39, 0.29) is 17.1 Å². The molecule has 0 aliphatic carbocycles. The van der Waals surface area contributed by atoms with Crippen molar-refractivity contribution in [3.8, 4) is 0 Å². The number of thioether (sulfide) groups is 1. The maximum Gasteiger partial charge on any atom is 0.272 e. The van der Waals surface area contributed by atoms with Crippen molar-refractivity contribution in [1.82, 2.24) is 0 Å². The molecule has 110 valence electrons. The Balaban J connectivity index is 2.77. The predicted molar refractivity (Wildman–Crippen MR) is 71.8 cm³/mol. The molecule has 0 aliphatic heterocycles. The monoisotopic (exact) mass is 303 g/mol. The van der Waals surface area contributed by atoms with Crippen LogP contribution in [0.3, 0.4) is 0 Å². The number of hydrogen-bond acceptors (Lipinski definition) is 6. The zero-order chi connectivity index (χ0) is 15.3. The Morgan fingerprint density at radius 1 is 1.45 bits per heavy atom. The highest BCUT2D eigenvalue weighted by Crippen LogP contribution is 2.25. The van der Waals surface area contributed by atoms with Gasteiger partial charge in [0, 0.05) is 18.7 Å². The van der Waals surface area contributed by atoms with Crippen LogP contribution in [0, 0.1) is 15.9 Å². The van der Waals surface area contributed by atoms with Gasteiger partial charge in [-0.3, -0.25) is 14.9 Å². The fourth-order valence-electron chi connectivity index (χ4n) is 1.58. The summed E-state index contributed by atoms with van der Waals surface area (Å²) < 4.78 is 13.2. The van der Waals surface area contributed by atoms with Crippen LogP contribution in [0.2, 0.25) is 0 Å². The molecule has 1 aromatic carbocycles. The zero-order valence-corrected chi connectivity index (χ0v) is 11.5. The van der Waals surface area contributed by atoms with Crippen molar-refractivity contribution >= 4 is 22.6 Å². The lowest BCUT2D eigenvalue weighted by Crippen LogP contribution is -2.19. The minimum absolute atomic E-state index is 0.0722. The first kappa shape index (κ1) is 16.5. The average Bonchev–Trinajstić information content (AvgIpc) is 2.36. The lowest BCUT2D eigenvalue weighted by atomic mass is 10.0. The lowest BCUT2D eigenvalue weighted by molar-refractivity contribution is -0.385. The van der Waals surface area contributed by atoms with E-state index in [1.54, 1.807) is 0 Å². The Morgan fingerprint density at radius 2 is 2.10 bits per heavy atom. The van der Waals surface area contributed by atoms with Crippen molar-refractivity contribution < 1.29 is 24.3 Å². The minimum Gasteiger partial charge on any atom is -0.390 e. The van der Waals surface area contributed by atoms with Gasteiger partial charge >= 0.3 is 0 Å². The molecular formula is C12H14FNO5S. The van der Waals surface area contributed by atoms with E-state index in [1.807, 2.05) is 0 Å². The van der Waals surface area contributed by atoms with Gasteiger partial charge in [0.2, 0.25) is 0 Å². The van der Waals surface area contributed by atoms with Crippen LogP contribution in [0.5, 0.6) is 0 Å². The van der Waals surface area contributed by atoms with E-state index >= 15 is 0 Å². The molecule has 0 bridgehead atoms. The molecule has 8 heteroatoms. The lowest BCUT2D eigenvalue weighted by Gasteiger charge is -2.17. The van der Waals surface area contributed by atoms with Crippen LogP contribution in [0.25, 0.3) is 0 Å². The zero-order valence-electron chi connectivity index (χ0n) is 10.7. The number of carbonyl (C=O) groups excluding carboxylic acids is 1. The Morgan fingerprint density at radius 3 is 2.65 bits per heavy atom. The average molecular weight is 303 g/mol. The van der Waals surface area contributed by atoms with Gasteiger partial charge in [0.05, 0.1) is 17.1 Å². The molecule has 2 unspecified atom stereocenters. The van der Waals surface area contributed by atoms with Gasteiger partial charge in [0.1, 0.15) is 11.9 Å². The number of nitro benzene ring substituents is 1. The van der Waals surface area contributed by atoms with Crippen molar-refractivity contribution in [3.05, 3.63) is 39.7 Å². The summed E-state index contributed by atoms with van der Waals surface area (Å²) in [7, 11) is 0. The highest BCUT2D eigenvalue weighted by Gasteiger charge is 2.21. The Hall–Kier alpha value is -1.51. The smallest absolute Gasteiger partial charge is 0.272 e. The summed E-state index contributed by atoms with van der Waals surface area (Å²) >= 11 is 0.991. The number of non-ortho nitro benzene ring substituents is 1. The quantitative estimate of drug-likeness (QED) is 0.614. The van der Waals surface area contributed by atoms with Crippen molar-refractivity contribution in [2.45, 2.75) is 25.6 Å². The normalized spacial score (nSPS) is 13.8. The van der Waals surface area contributed by atoms with Gasteiger partial charge in [-0.25, -0.2) is 4.39 Å². The maximum absolute atomic E-state index is 13.2. The Labute approximate surface area is 118 Å². The number of rotatable bonds is 6. The van der Waals surface area contributed by atoms with Crippen LogP contribution in [-0.2, 0) is 4.79 Å². The van der Waals surface area contributed by atoms with Crippen molar-refractivity contribution in [2.24, 2.45) is 0 Å². The van der Waals surface area contributed by atoms with Gasteiger partial charge in [-0.1, -0.05) is 11.8 Å². The summed E-state index contributed by atoms with van der Waals surface area (Å²) in [4.78, 5) is 20.5.